The van der Waals surface area contributed by atoms with E-state index in [0.29, 0.717) is 25.4 Å². The van der Waals surface area contributed by atoms with Crippen molar-refractivity contribution in [3.63, 3.8) is 0 Å². The Balaban J connectivity index is 2.32. The van der Waals surface area contributed by atoms with E-state index in [1.54, 1.807) is 18.2 Å². The molecule has 0 aliphatic carbocycles. The van der Waals surface area contributed by atoms with Gasteiger partial charge in [-0.05, 0) is 12.1 Å². The smallest absolute Gasteiger partial charge is 0.142 e. The first-order valence-corrected chi connectivity index (χ1v) is 4.58. The second kappa shape index (κ2) is 3.74. The van der Waals surface area contributed by atoms with E-state index in [-0.39, 0.29) is 5.75 Å². The van der Waals surface area contributed by atoms with E-state index in [4.69, 9.17) is 4.74 Å². The fraction of sp³-hybridized carbons (Fsp3) is 0.400. The summed E-state index contributed by atoms with van der Waals surface area (Å²) in [5.74, 6) is 0.889. The van der Waals surface area contributed by atoms with E-state index >= 15 is 0 Å². The number of benzene rings is 1. The average molecular weight is 197 g/mol. The van der Waals surface area contributed by atoms with Crippen LogP contribution in [0.3, 0.4) is 0 Å². The molecule has 4 heteroatoms. The second-order valence-electron chi connectivity index (χ2n) is 3.18. The van der Waals surface area contributed by atoms with Crippen LogP contribution in [0.2, 0.25) is 0 Å². The fourth-order valence-corrected chi connectivity index (χ4v) is 1.60. The van der Waals surface area contributed by atoms with Crippen molar-refractivity contribution in [3.05, 3.63) is 18.2 Å². The second-order valence-corrected chi connectivity index (χ2v) is 3.18. The number of fused-ring (bicyclic) bond motifs is 1. The molecule has 3 nitrogen and oxygen atoms in total. The number of hydrogen-bond donors (Lipinski definition) is 1. The zero-order chi connectivity index (χ0) is 9.97. The van der Waals surface area contributed by atoms with Crippen LogP contribution in [-0.2, 0) is 0 Å². The van der Waals surface area contributed by atoms with Crippen LogP contribution in [0, 0.1) is 0 Å². The van der Waals surface area contributed by atoms with Crippen LogP contribution in [0.4, 0.5) is 10.1 Å². The molecule has 0 aromatic heterocycles. The molecule has 1 N–H and O–H groups in total. The number of alkyl halides is 1. The van der Waals surface area contributed by atoms with E-state index in [1.807, 2.05) is 4.90 Å². The lowest BCUT2D eigenvalue weighted by Crippen LogP contribution is -2.34. The van der Waals surface area contributed by atoms with Crippen molar-refractivity contribution in [2.75, 3.05) is 31.3 Å². The number of halogens is 1. The molecule has 1 aromatic carbocycles. The molecule has 1 aliphatic rings. The van der Waals surface area contributed by atoms with Crippen molar-refractivity contribution in [2.24, 2.45) is 0 Å². The van der Waals surface area contributed by atoms with Crippen molar-refractivity contribution >= 4 is 5.69 Å². The molecular formula is C10H12FNO2. The van der Waals surface area contributed by atoms with Crippen molar-refractivity contribution in [2.45, 2.75) is 0 Å². The van der Waals surface area contributed by atoms with Crippen molar-refractivity contribution < 1.29 is 14.2 Å². The molecule has 1 heterocycles. The summed E-state index contributed by atoms with van der Waals surface area (Å²) in [6.07, 6.45) is 0. The van der Waals surface area contributed by atoms with Gasteiger partial charge < -0.3 is 14.7 Å². The summed E-state index contributed by atoms with van der Waals surface area (Å²) < 4.78 is 17.6. The van der Waals surface area contributed by atoms with E-state index in [9.17, 15) is 9.50 Å². The monoisotopic (exact) mass is 197 g/mol. The Morgan fingerprint density at radius 2 is 2.36 bits per heavy atom. The Labute approximate surface area is 81.7 Å². The van der Waals surface area contributed by atoms with Gasteiger partial charge in [0, 0.05) is 12.6 Å². The highest BCUT2D eigenvalue weighted by Gasteiger charge is 2.17. The normalized spacial score (nSPS) is 14.8. The Kier molecular flexibility index (Phi) is 2.43. The van der Waals surface area contributed by atoms with Gasteiger partial charge in [-0.2, -0.15) is 0 Å². The van der Waals surface area contributed by atoms with Gasteiger partial charge in [-0.25, -0.2) is 4.39 Å². The largest absolute Gasteiger partial charge is 0.508 e. The molecule has 0 bridgehead atoms. The number of hydrogen-bond acceptors (Lipinski definition) is 3. The van der Waals surface area contributed by atoms with Gasteiger partial charge in [-0.1, -0.05) is 0 Å². The predicted molar refractivity (Wildman–Crippen MR) is 51.8 cm³/mol. The first-order valence-electron chi connectivity index (χ1n) is 4.58. The summed E-state index contributed by atoms with van der Waals surface area (Å²) >= 11 is 0. The van der Waals surface area contributed by atoms with E-state index in [1.165, 1.54) is 0 Å². The SMILES string of the molecule is Oc1ccc2c(c1)N(CCF)CCO2. The van der Waals surface area contributed by atoms with E-state index < -0.39 is 6.67 Å². The number of ether oxygens (including phenoxy) is 1. The van der Waals surface area contributed by atoms with Crippen LogP contribution < -0.4 is 9.64 Å². The van der Waals surface area contributed by atoms with E-state index in [0.717, 1.165) is 5.69 Å². The minimum absolute atomic E-state index is 0.179. The maximum absolute atomic E-state index is 12.2. The Morgan fingerprint density at radius 3 is 3.14 bits per heavy atom. The van der Waals surface area contributed by atoms with Crippen molar-refractivity contribution in [1.29, 1.82) is 0 Å². The minimum Gasteiger partial charge on any atom is -0.508 e. The van der Waals surface area contributed by atoms with Crippen molar-refractivity contribution in [1.82, 2.24) is 0 Å². The topological polar surface area (TPSA) is 32.7 Å². The lowest BCUT2D eigenvalue weighted by atomic mass is 10.2. The van der Waals surface area contributed by atoms with Gasteiger partial charge in [0.2, 0.25) is 0 Å². The number of phenols is 1. The molecule has 0 unspecified atom stereocenters. The summed E-state index contributed by atoms with van der Waals surface area (Å²) in [4.78, 5) is 1.87. The zero-order valence-corrected chi connectivity index (χ0v) is 7.74. The number of anilines is 1. The summed E-state index contributed by atoms with van der Waals surface area (Å²) in [5, 5.41) is 9.30. The summed E-state index contributed by atoms with van der Waals surface area (Å²) in [6, 6.07) is 4.87. The summed E-state index contributed by atoms with van der Waals surface area (Å²) in [7, 11) is 0. The van der Waals surface area contributed by atoms with Gasteiger partial charge >= 0.3 is 0 Å². The molecule has 0 saturated carbocycles. The highest BCUT2D eigenvalue weighted by molar-refractivity contribution is 5.62. The van der Waals surface area contributed by atoms with Gasteiger partial charge in [-0.15, -0.1) is 0 Å². The molecule has 0 fully saturated rings. The summed E-state index contributed by atoms with van der Waals surface area (Å²) in [5.41, 5.74) is 0.772. The average Bonchev–Trinajstić information content (AvgIpc) is 2.19. The van der Waals surface area contributed by atoms with Crippen LogP contribution in [0.15, 0.2) is 18.2 Å². The number of phenolic OH excluding ortho intramolecular Hbond substituents is 1. The number of nitrogens with zero attached hydrogens (tertiary/aromatic N) is 1. The van der Waals surface area contributed by atoms with Crippen LogP contribution in [0.5, 0.6) is 11.5 Å². The highest BCUT2D eigenvalue weighted by Crippen LogP contribution is 2.34. The Morgan fingerprint density at radius 1 is 1.50 bits per heavy atom. The van der Waals surface area contributed by atoms with Gasteiger partial charge in [0.15, 0.2) is 0 Å². The Bertz CT molecular complexity index is 330. The molecule has 0 spiro atoms. The molecule has 0 saturated heterocycles. The van der Waals surface area contributed by atoms with Gasteiger partial charge in [0.05, 0.1) is 12.2 Å². The third-order valence-corrected chi connectivity index (χ3v) is 2.26. The molecule has 2 rings (SSSR count). The third kappa shape index (κ3) is 1.60. The molecular weight excluding hydrogens is 185 g/mol. The first-order chi connectivity index (χ1) is 6.81. The zero-order valence-electron chi connectivity index (χ0n) is 7.74. The van der Waals surface area contributed by atoms with Gasteiger partial charge in [0.25, 0.3) is 0 Å². The fourth-order valence-electron chi connectivity index (χ4n) is 1.60. The predicted octanol–water partition coefficient (Wildman–Crippen LogP) is 1.56. The van der Waals surface area contributed by atoms with Gasteiger partial charge in [-0.3, -0.25) is 0 Å². The maximum atomic E-state index is 12.2. The van der Waals surface area contributed by atoms with Crippen LogP contribution >= 0.6 is 0 Å². The van der Waals surface area contributed by atoms with Crippen LogP contribution in [0.25, 0.3) is 0 Å². The summed E-state index contributed by atoms with van der Waals surface area (Å²) in [6.45, 7) is 1.19. The maximum Gasteiger partial charge on any atom is 0.142 e. The van der Waals surface area contributed by atoms with Crippen molar-refractivity contribution in [3.8, 4) is 11.5 Å². The highest BCUT2D eigenvalue weighted by atomic mass is 19.1. The third-order valence-electron chi connectivity index (χ3n) is 2.26. The van der Waals surface area contributed by atoms with Gasteiger partial charge in [0.1, 0.15) is 24.8 Å². The molecule has 76 valence electrons. The molecule has 1 aliphatic heterocycles. The standard InChI is InChI=1S/C10H12FNO2/c11-3-4-12-5-6-14-10-2-1-8(13)7-9(10)12/h1-2,7,13H,3-6H2. The number of rotatable bonds is 2. The Hall–Kier alpha value is -1.45. The molecule has 1 aromatic rings. The van der Waals surface area contributed by atoms with Crippen LogP contribution in [-0.4, -0.2) is 31.5 Å². The van der Waals surface area contributed by atoms with Crippen LogP contribution in [0.1, 0.15) is 0 Å². The molecule has 0 amide bonds. The first kappa shape index (κ1) is 9.12. The number of aromatic hydroxyl groups is 1. The molecule has 14 heavy (non-hydrogen) atoms. The molecule has 0 atom stereocenters. The quantitative estimate of drug-likeness (QED) is 0.781. The lowest BCUT2D eigenvalue weighted by molar-refractivity contribution is 0.303. The minimum atomic E-state index is -0.394. The molecule has 0 radical (unpaired) electrons. The lowest BCUT2D eigenvalue weighted by Gasteiger charge is -2.30. The van der Waals surface area contributed by atoms with E-state index in [2.05, 4.69) is 0 Å².